The highest BCUT2D eigenvalue weighted by atomic mass is 16.5. The van der Waals surface area contributed by atoms with E-state index in [0.29, 0.717) is 24.6 Å². The van der Waals surface area contributed by atoms with Crippen molar-refractivity contribution in [2.24, 2.45) is 0 Å². The standard InChI is InChI=1S/C16H17N3O3/c17-8-5-15(20)18-13-3-1-2-4-14(13)19-16(21)11-12-6-9-22-10-7-12/h1-4,11H,5-7,9-10H2,(H,18,20)(H,19,21). The summed E-state index contributed by atoms with van der Waals surface area (Å²) in [5.41, 5.74) is 2.03. The first kappa shape index (κ1) is 15.7. The largest absolute Gasteiger partial charge is 0.381 e. The summed E-state index contributed by atoms with van der Waals surface area (Å²) in [7, 11) is 0. The molecule has 0 radical (unpaired) electrons. The summed E-state index contributed by atoms with van der Waals surface area (Å²) in [5.74, 6) is -0.647. The number of anilines is 2. The monoisotopic (exact) mass is 299 g/mol. The molecule has 1 aromatic rings. The lowest BCUT2D eigenvalue weighted by molar-refractivity contribution is -0.115. The van der Waals surface area contributed by atoms with E-state index in [1.54, 1.807) is 36.4 Å². The highest BCUT2D eigenvalue weighted by Gasteiger charge is 2.10. The normalized spacial score (nSPS) is 13.9. The smallest absolute Gasteiger partial charge is 0.248 e. The number of hydrogen-bond donors (Lipinski definition) is 2. The summed E-state index contributed by atoms with van der Waals surface area (Å²) >= 11 is 0. The van der Waals surface area contributed by atoms with Crippen LogP contribution in [0.2, 0.25) is 0 Å². The van der Waals surface area contributed by atoms with Gasteiger partial charge in [0.25, 0.3) is 0 Å². The predicted molar refractivity (Wildman–Crippen MR) is 82.1 cm³/mol. The van der Waals surface area contributed by atoms with Crippen LogP contribution < -0.4 is 10.6 Å². The van der Waals surface area contributed by atoms with Crippen molar-refractivity contribution in [2.75, 3.05) is 23.8 Å². The Hall–Kier alpha value is -2.65. The molecule has 2 rings (SSSR count). The van der Waals surface area contributed by atoms with E-state index in [1.807, 2.05) is 0 Å². The maximum absolute atomic E-state index is 12.1. The van der Waals surface area contributed by atoms with E-state index in [-0.39, 0.29) is 12.3 Å². The number of para-hydroxylation sites is 2. The van der Waals surface area contributed by atoms with Crippen LogP contribution in [-0.2, 0) is 14.3 Å². The first-order valence-corrected chi connectivity index (χ1v) is 7.03. The topological polar surface area (TPSA) is 91.2 Å². The van der Waals surface area contributed by atoms with Gasteiger partial charge >= 0.3 is 0 Å². The molecule has 1 aliphatic heterocycles. The van der Waals surface area contributed by atoms with Crippen LogP contribution in [0.3, 0.4) is 0 Å². The molecule has 1 fully saturated rings. The number of rotatable bonds is 4. The van der Waals surface area contributed by atoms with Gasteiger partial charge in [-0.15, -0.1) is 0 Å². The second-order valence-electron chi connectivity index (χ2n) is 4.83. The molecule has 0 aliphatic carbocycles. The Balaban J connectivity index is 2.04. The molecule has 0 atom stereocenters. The molecule has 0 bridgehead atoms. The third kappa shape index (κ3) is 4.72. The molecule has 0 saturated carbocycles. The van der Waals surface area contributed by atoms with Crippen LogP contribution >= 0.6 is 0 Å². The zero-order valence-electron chi connectivity index (χ0n) is 12.1. The van der Waals surface area contributed by atoms with Crippen molar-refractivity contribution in [3.05, 3.63) is 35.9 Å². The Kier molecular flexibility index (Phi) is 5.69. The molecule has 6 heteroatoms. The van der Waals surface area contributed by atoms with E-state index < -0.39 is 5.91 Å². The van der Waals surface area contributed by atoms with Crippen LogP contribution in [0.25, 0.3) is 0 Å². The van der Waals surface area contributed by atoms with Crippen molar-refractivity contribution in [1.29, 1.82) is 5.26 Å². The molecule has 2 N–H and O–H groups in total. The second-order valence-corrected chi connectivity index (χ2v) is 4.83. The Labute approximate surface area is 128 Å². The number of nitrogens with zero attached hydrogens (tertiary/aromatic N) is 1. The third-order valence-corrected chi connectivity index (χ3v) is 3.17. The van der Waals surface area contributed by atoms with E-state index in [1.165, 1.54) is 0 Å². The van der Waals surface area contributed by atoms with Gasteiger partial charge in [-0.3, -0.25) is 9.59 Å². The molecule has 1 aromatic carbocycles. The fourth-order valence-electron chi connectivity index (χ4n) is 2.10. The van der Waals surface area contributed by atoms with Gasteiger partial charge in [0.2, 0.25) is 11.8 Å². The molecule has 6 nitrogen and oxygen atoms in total. The Morgan fingerprint density at radius 1 is 1.18 bits per heavy atom. The van der Waals surface area contributed by atoms with Crippen molar-refractivity contribution >= 4 is 23.2 Å². The van der Waals surface area contributed by atoms with Crippen molar-refractivity contribution < 1.29 is 14.3 Å². The lowest BCUT2D eigenvalue weighted by atomic mass is 10.1. The van der Waals surface area contributed by atoms with Gasteiger partial charge in [0.1, 0.15) is 6.42 Å². The second kappa shape index (κ2) is 7.96. The highest BCUT2D eigenvalue weighted by Crippen LogP contribution is 2.21. The highest BCUT2D eigenvalue weighted by molar-refractivity contribution is 6.04. The lowest BCUT2D eigenvalue weighted by Crippen LogP contribution is -2.16. The Morgan fingerprint density at radius 2 is 1.82 bits per heavy atom. The zero-order chi connectivity index (χ0) is 15.8. The summed E-state index contributed by atoms with van der Waals surface area (Å²) in [6, 6.07) is 8.66. The van der Waals surface area contributed by atoms with E-state index in [9.17, 15) is 9.59 Å². The first-order valence-electron chi connectivity index (χ1n) is 7.03. The average molecular weight is 299 g/mol. The van der Waals surface area contributed by atoms with Crippen molar-refractivity contribution in [2.45, 2.75) is 19.3 Å². The van der Waals surface area contributed by atoms with E-state index in [0.717, 1.165) is 18.4 Å². The Morgan fingerprint density at radius 3 is 2.45 bits per heavy atom. The molecular formula is C16H17N3O3. The van der Waals surface area contributed by atoms with Crippen LogP contribution in [0.15, 0.2) is 35.9 Å². The maximum atomic E-state index is 12.1. The third-order valence-electron chi connectivity index (χ3n) is 3.17. The summed E-state index contributed by atoms with van der Waals surface area (Å²) in [5, 5.41) is 13.9. The van der Waals surface area contributed by atoms with Crippen LogP contribution in [0.4, 0.5) is 11.4 Å². The maximum Gasteiger partial charge on any atom is 0.248 e. The van der Waals surface area contributed by atoms with E-state index >= 15 is 0 Å². The number of benzene rings is 1. The molecule has 0 unspecified atom stereocenters. The molecule has 114 valence electrons. The SMILES string of the molecule is N#CCC(=O)Nc1ccccc1NC(=O)C=C1CCOCC1. The minimum atomic E-state index is -0.410. The lowest BCUT2D eigenvalue weighted by Gasteiger charge is -2.15. The number of carbonyl (C=O) groups is 2. The van der Waals surface area contributed by atoms with Crippen molar-refractivity contribution in [3.8, 4) is 6.07 Å². The number of carbonyl (C=O) groups excluding carboxylic acids is 2. The van der Waals surface area contributed by atoms with Crippen molar-refractivity contribution in [1.82, 2.24) is 0 Å². The average Bonchev–Trinajstić information content (AvgIpc) is 2.50. The van der Waals surface area contributed by atoms with Gasteiger partial charge in [-0.2, -0.15) is 5.26 Å². The predicted octanol–water partition coefficient (Wildman–Crippen LogP) is 2.21. The van der Waals surface area contributed by atoms with Gasteiger partial charge in [-0.25, -0.2) is 0 Å². The fourth-order valence-corrected chi connectivity index (χ4v) is 2.10. The van der Waals surface area contributed by atoms with Gasteiger partial charge in [0, 0.05) is 6.08 Å². The van der Waals surface area contributed by atoms with Crippen LogP contribution in [0, 0.1) is 11.3 Å². The molecule has 1 saturated heterocycles. The zero-order valence-corrected chi connectivity index (χ0v) is 12.1. The van der Waals surface area contributed by atoms with Gasteiger partial charge < -0.3 is 15.4 Å². The van der Waals surface area contributed by atoms with Crippen molar-refractivity contribution in [3.63, 3.8) is 0 Å². The molecule has 1 heterocycles. The number of ether oxygens (including phenoxy) is 1. The molecule has 22 heavy (non-hydrogen) atoms. The summed E-state index contributed by atoms with van der Waals surface area (Å²) in [4.78, 5) is 23.5. The minimum Gasteiger partial charge on any atom is -0.381 e. The fraction of sp³-hybridized carbons (Fsp3) is 0.312. The summed E-state index contributed by atoms with van der Waals surface area (Å²) in [6.45, 7) is 1.28. The molecule has 2 amide bonds. The van der Waals surface area contributed by atoms with Gasteiger partial charge in [-0.05, 0) is 25.0 Å². The summed E-state index contributed by atoms with van der Waals surface area (Å²) < 4.78 is 5.24. The van der Waals surface area contributed by atoms with Gasteiger partial charge in [0.05, 0.1) is 30.7 Å². The summed E-state index contributed by atoms with van der Waals surface area (Å²) in [6.07, 6.45) is 2.87. The van der Waals surface area contributed by atoms with Crippen LogP contribution in [0.5, 0.6) is 0 Å². The van der Waals surface area contributed by atoms with Gasteiger partial charge in [-0.1, -0.05) is 17.7 Å². The molecular weight excluding hydrogens is 282 g/mol. The van der Waals surface area contributed by atoms with E-state index in [2.05, 4.69) is 10.6 Å². The molecule has 0 spiro atoms. The van der Waals surface area contributed by atoms with Gasteiger partial charge in [0.15, 0.2) is 0 Å². The first-order chi connectivity index (χ1) is 10.7. The van der Waals surface area contributed by atoms with E-state index in [4.69, 9.17) is 10.00 Å². The number of hydrogen-bond acceptors (Lipinski definition) is 4. The number of nitrogens with one attached hydrogen (secondary N) is 2. The number of amides is 2. The van der Waals surface area contributed by atoms with Crippen LogP contribution in [0.1, 0.15) is 19.3 Å². The molecule has 1 aliphatic rings. The van der Waals surface area contributed by atoms with Crippen LogP contribution in [-0.4, -0.2) is 25.0 Å². The molecule has 0 aromatic heterocycles. The Bertz CT molecular complexity index is 624. The minimum absolute atomic E-state index is 0.230. The number of nitriles is 1. The quantitative estimate of drug-likeness (QED) is 0.834.